The topological polar surface area (TPSA) is 63.8 Å². The lowest BCUT2D eigenvalue weighted by Crippen LogP contribution is -2.13. The van der Waals surface area contributed by atoms with Crippen molar-refractivity contribution in [2.75, 3.05) is 11.1 Å². The average Bonchev–Trinajstić information content (AvgIpc) is 2.39. The molecule has 0 saturated heterocycles. The third kappa shape index (κ3) is 2.81. The van der Waals surface area contributed by atoms with E-state index in [9.17, 15) is 4.39 Å². The van der Waals surface area contributed by atoms with E-state index in [1.54, 1.807) is 12.1 Å². The molecule has 1 aromatic heterocycles. The van der Waals surface area contributed by atoms with E-state index in [0.29, 0.717) is 17.2 Å². The minimum absolute atomic E-state index is 0.194. The van der Waals surface area contributed by atoms with Gasteiger partial charge < -0.3 is 11.1 Å². The Bertz CT molecular complexity index is 571. The highest BCUT2D eigenvalue weighted by Crippen LogP contribution is 2.24. The third-order valence-electron chi connectivity index (χ3n) is 3.06. The van der Waals surface area contributed by atoms with Crippen LogP contribution in [0.2, 0.25) is 0 Å². The Morgan fingerprint density at radius 1 is 1.32 bits per heavy atom. The molecule has 0 spiro atoms. The third-order valence-corrected chi connectivity index (χ3v) is 3.06. The molecule has 1 unspecified atom stereocenters. The number of benzene rings is 1. The molecule has 100 valence electrons. The number of aromatic nitrogens is 2. The highest BCUT2D eigenvalue weighted by atomic mass is 19.1. The maximum absolute atomic E-state index is 13.7. The summed E-state index contributed by atoms with van der Waals surface area (Å²) >= 11 is 0. The molecule has 0 saturated carbocycles. The number of anilines is 2. The fraction of sp³-hybridized carbons (Fsp3) is 0.286. The van der Waals surface area contributed by atoms with Crippen molar-refractivity contribution in [1.82, 2.24) is 9.97 Å². The smallest absolute Gasteiger partial charge is 0.135 e. The molecule has 0 aliphatic heterocycles. The van der Waals surface area contributed by atoms with Crippen LogP contribution in [0.15, 0.2) is 30.6 Å². The Kier molecular flexibility index (Phi) is 3.94. The molecule has 0 fully saturated rings. The van der Waals surface area contributed by atoms with Crippen molar-refractivity contribution in [3.8, 4) is 0 Å². The predicted molar refractivity (Wildman–Crippen MR) is 74.3 cm³/mol. The van der Waals surface area contributed by atoms with E-state index in [4.69, 9.17) is 5.73 Å². The molecule has 0 amide bonds. The number of rotatable bonds is 4. The Morgan fingerprint density at radius 2 is 2.05 bits per heavy atom. The number of nitrogens with zero attached hydrogens (tertiary/aromatic N) is 2. The summed E-state index contributed by atoms with van der Waals surface area (Å²) in [6.07, 6.45) is 2.13. The lowest BCUT2D eigenvalue weighted by Gasteiger charge is -2.18. The van der Waals surface area contributed by atoms with E-state index >= 15 is 0 Å². The Labute approximate surface area is 111 Å². The van der Waals surface area contributed by atoms with E-state index in [1.807, 2.05) is 19.9 Å². The van der Waals surface area contributed by atoms with Crippen molar-refractivity contribution >= 4 is 11.6 Å². The van der Waals surface area contributed by atoms with Gasteiger partial charge in [0.05, 0.1) is 6.04 Å². The van der Waals surface area contributed by atoms with E-state index in [-0.39, 0.29) is 11.9 Å². The van der Waals surface area contributed by atoms with Crippen LogP contribution in [0.25, 0.3) is 0 Å². The van der Waals surface area contributed by atoms with Gasteiger partial charge in [-0.05, 0) is 19.4 Å². The minimum Gasteiger partial charge on any atom is -0.383 e. The number of hydrogen-bond acceptors (Lipinski definition) is 4. The van der Waals surface area contributed by atoms with Crippen LogP contribution in [0.4, 0.5) is 16.0 Å². The molecular weight excluding hydrogens is 243 g/mol. The fourth-order valence-electron chi connectivity index (χ4n) is 2.01. The van der Waals surface area contributed by atoms with E-state index in [1.165, 1.54) is 12.4 Å². The van der Waals surface area contributed by atoms with E-state index < -0.39 is 0 Å². The van der Waals surface area contributed by atoms with Crippen molar-refractivity contribution < 1.29 is 4.39 Å². The molecule has 3 N–H and O–H groups in total. The summed E-state index contributed by atoms with van der Waals surface area (Å²) < 4.78 is 13.7. The predicted octanol–water partition coefficient (Wildman–Crippen LogP) is 2.93. The lowest BCUT2D eigenvalue weighted by atomic mass is 10.1. The van der Waals surface area contributed by atoms with Crippen LogP contribution in [0.1, 0.15) is 31.0 Å². The molecule has 19 heavy (non-hydrogen) atoms. The second kappa shape index (κ2) is 5.65. The monoisotopic (exact) mass is 260 g/mol. The molecule has 1 atom stereocenters. The van der Waals surface area contributed by atoms with Crippen molar-refractivity contribution in [2.24, 2.45) is 0 Å². The zero-order valence-corrected chi connectivity index (χ0v) is 11.0. The van der Waals surface area contributed by atoms with Gasteiger partial charge in [-0.1, -0.05) is 25.1 Å². The first-order valence-electron chi connectivity index (χ1n) is 6.23. The zero-order valence-electron chi connectivity index (χ0n) is 11.0. The highest BCUT2D eigenvalue weighted by molar-refractivity contribution is 5.55. The minimum atomic E-state index is -0.234. The van der Waals surface area contributed by atoms with Gasteiger partial charge >= 0.3 is 0 Å². The second-order valence-electron chi connectivity index (χ2n) is 4.33. The molecule has 1 heterocycles. The van der Waals surface area contributed by atoms with Crippen LogP contribution in [-0.4, -0.2) is 9.97 Å². The van der Waals surface area contributed by atoms with Crippen molar-refractivity contribution in [3.05, 3.63) is 47.5 Å². The molecule has 0 aliphatic rings. The molecule has 0 radical (unpaired) electrons. The Balaban J connectivity index is 2.27. The van der Waals surface area contributed by atoms with Crippen LogP contribution < -0.4 is 11.1 Å². The van der Waals surface area contributed by atoms with Crippen LogP contribution in [0.3, 0.4) is 0 Å². The first-order valence-corrected chi connectivity index (χ1v) is 6.23. The van der Waals surface area contributed by atoms with Crippen molar-refractivity contribution in [1.29, 1.82) is 0 Å². The fourth-order valence-corrected chi connectivity index (χ4v) is 2.01. The second-order valence-corrected chi connectivity index (χ2v) is 4.33. The van der Waals surface area contributed by atoms with E-state index in [2.05, 4.69) is 15.3 Å². The molecule has 0 aliphatic carbocycles. The van der Waals surface area contributed by atoms with Gasteiger partial charge in [-0.3, -0.25) is 0 Å². The summed E-state index contributed by atoms with van der Waals surface area (Å²) in [5.41, 5.74) is 7.26. The van der Waals surface area contributed by atoms with Crippen molar-refractivity contribution in [2.45, 2.75) is 26.3 Å². The lowest BCUT2D eigenvalue weighted by molar-refractivity contribution is 0.600. The summed E-state index contributed by atoms with van der Waals surface area (Å²) in [5.74, 6) is 0.883. The van der Waals surface area contributed by atoms with Crippen LogP contribution >= 0.6 is 0 Å². The van der Waals surface area contributed by atoms with Gasteiger partial charge in [0, 0.05) is 11.1 Å². The first-order chi connectivity index (χ1) is 9.13. The van der Waals surface area contributed by atoms with Gasteiger partial charge in [0.2, 0.25) is 0 Å². The SMILES string of the molecule is CCc1c(N)ncnc1NC(C)c1ccccc1F. The number of hydrogen-bond donors (Lipinski definition) is 2. The van der Waals surface area contributed by atoms with Crippen LogP contribution in [0, 0.1) is 5.82 Å². The maximum Gasteiger partial charge on any atom is 0.135 e. The normalized spacial score (nSPS) is 12.2. The van der Waals surface area contributed by atoms with Crippen LogP contribution in [-0.2, 0) is 6.42 Å². The summed E-state index contributed by atoms with van der Waals surface area (Å²) in [5, 5.41) is 3.19. The standard InChI is InChI=1S/C14H17FN4/c1-3-10-13(16)17-8-18-14(10)19-9(2)11-6-4-5-7-12(11)15/h4-9H,3H2,1-2H3,(H3,16,17,18,19). The van der Waals surface area contributed by atoms with Gasteiger partial charge in [-0.2, -0.15) is 0 Å². The number of nitrogen functional groups attached to an aromatic ring is 1. The van der Waals surface area contributed by atoms with Gasteiger partial charge in [-0.25, -0.2) is 14.4 Å². The average molecular weight is 260 g/mol. The van der Waals surface area contributed by atoms with Gasteiger partial charge in [0.15, 0.2) is 0 Å². The molecule has 0 bridgehead atoms. The maximum atomic E-state index is 13.7. The Morgan fingerprint density at radius 3 is 2.74 bits per heavy atom. The van der Waals surface area contributed by atoms with Gasteiger partial charge in [0.1, 0.15) is 23.8 Å². The molecule has 4 nitrogen and oxygen atoms in total. The summed E-state index contributed by atoms with van der Waals surface area (Å²) in [6, 6.07) is 6.49. The number of nitrogens with two attached hydrogens (primary N) is 1. The molecule has 2 rings (SSSR count). The van der Waals surface area contributed by atoms with Gasteiger partial charge in [-0.15, -0.1) is 0 Å². The molecule has 1 aromatic carbocycles. The quantitative estimate of drug-likeness (QED) is 0.887. The summed E-state index contributed by atoms with van der Waals surface area (Å²) in [4.78, 5) is 8.14. The number of nitrogens with one attached hydrogen (secondary N) is 1. The molecule has 5 heteroatoms. The van der Waals surface area contributed by atoms with E-state index in [0.717, 1.165) is 12.0 Å². The molecular formula is C14H17FN4. The summed E-state index contributed by atoms with van der Waals surface area (Å²) in [7, 11) is 0. The van der Waals surface area contributed by atoms with Crippen LogP contribution in [0.5, 0.6) is 0 Å². The first kappa shape index (κ1) is 13.3. The molecule has 2 aromatic rings. The van der Waals surface area contributed by atoms with Crippen molar-refractivity contribution in [3.63, 3.8) is 0 Å². The zero-order chi connectivity index (χ0) is 13.8. The van der Waals surface area contributed by atoms with Gasteiger partial charge in [0.25, 0.3) is 0 Å². The largest absolute Gasteiger partial charge is 0.383 e. The Hall–Kier alpha value is -2.17. The number of halogens is 1. The summed E-state index contributed by atoms with van der Waals surface area (Å²) in [6.45, 7) is 3.87. The highest BCUT2D eigenvalue weighted by Gasteiger charge is 2.13.